The Balaban J connectivity index is 2.30. The van der Waals surface area contributed by atoms with Crippen LogP contribution in [0.15, 0.2) is 35.6 Å². The first-order chi connectivity index (χ1) is 10.4. The molecule has 4 nitrogen and oxygen atoms in total. The van der Waals surface area contributed by atoms with Gasteiger partial charge in [0, 0.05) is 18.3 Å². The van der Waals surface area contributed by atoms with Crippen molar-refractivity contribution in [2.45, 2.75) is 39.9 Å². The van der Waals surface area contributed by atoms with Crippen LogP contribution in [0.4, 0.5) is 0 Å². The fourth-order valence-corrected chi connectivity index (χ4v) is 3.18. The summed E-state index contributed by atoms with van der Waals surface area (Å²) in [6.45, 7) is 10.5. The van der Waals surface area contributed by atoms with Crippen LogP contribution in [0.2, 0.25) is 13.1 Å². The lowest BCUT2D eigenvalue weighted by molar-refractivity contribution is 0.563. The molecule has 2 aromatic rings. The van der Waals surface area contributed by atoms with Gasteiger partial charge in [-0.2, -0.15) is 0 Å². The summed E-state index contributed by atoms with van der Waals surface area (Å²) >= 11 is 0. The number of nitrogens with zero attached hydrogens (tertiary/aromatic N) is 3. The van der Waals surface area contributed by atoms with E-state index in [9.17, 15) is 0 Å². The standard InChI is InChI=1S/C17H25N3OSi/c1-12(15-9-7-8-10-16(15)21-22(5)6)19-13(2)17-14(3)20(4)11-18-17/h7-12,22H,1-6H3. The van der Waals surface area contributed by atoms with Gasteiger partial charge >= 0.3 is 0 Å². The molecule has 0 aliphatic rings. The van der Waals surface area contributed by atoms with Gasteiger partial charge in [0.15, 0.2) is 0 Å². The van der Waals surface area contributed by atoms with Gasteiger partial charge in [0.2, 0.25) is 9.04 Å². The summed E-state index contributed by atoms with van der Waals surface area (Å²) < 4.78 is 8.05. The third-order valence-corrected chi connectivity index (χ3v) is 4.42. The number of hydrogen-bond acceptors (Lipinski definition) is 3. The summed E-state index contributed by atoms with van der Waals surface area (Å²) in [4.78, 5) is 9.28. The molecule has 1 heterocycles. The number of imidazole rings is 1. The van der Waals surface area contributed by atoms with E-state index in [4.69, 9.17) is 9.42 Å². The topological polar surface area (TPSA) is 39.4 Å². The van der Waals surface area contributed by atoms with Crippen LogP contribution >= 0.6 is 0 Å². The summed E-state index contributed by atoms with van der Waals surface area (Å²) in [6, 6.07) is 8.23. The highest BCUT2D eigenvalue weighted by Crippen LogP contribution is 2.28. The summed E-state index contributed by atoms with van der Waals surface area (Å²) in [5.41, 5.74) is 4.19. The molecule has 22 heavy (non-hydrogen) atoms. The van der Waals surface area contributed by atoms with E-state index in [1.54, 1.807) is 0 Å². The second kappa shape index (κ2) is 6.92. The molecule has 0 N–H and O–H groups in total. The molecule has 0 radical (unpaired) electrons. The van der Waals surface area contributed by atoms with Crippen molar-refractivity contribution in [3.8, 4) is 5.75 Å². The zero-order valence-electron chi connectivity index (χ0n) is 14.3. The Kier molecular flexibility index (Phi) is 5.18. The van der Waals surface area contributed by atoms with Gasteiger partial charge in [-0.25, -0.2) is 4.98 Å². The molecule has 1 atom stereocenters. The predicted molar refractivity (Wildman–Crippen MR) is 94.5 cm³/mol. The fourth-order valence-electron chi connectivity index (χ4n) is 2.45. The molecule has 0 bridgehead atoms. The monoisotopic (exact) mass is 315 g/mol. The van der Waals surface area contributed by atoms with Crippen molar-refractivity contribution in [2.75, 3.05) is 0 Å². The number of benzene rings is 1. The van der Waals surface area contributed by atoms with Crippen LogP contribution in [-0.4, -0.2) is 24.3 Å². The molecular formula is C17H25N3OSi. The molecular weight excluding hydrogens is 290 g/mol. The highest BCUT2D eigenvalue weighted by molar-refractivity contribution is 6.49. The van der Waals surface area contributed by atoms with E-state index < -0.39 is 9.04 Å². The van der Waals surface area contributed by atoms with Gasteiger partial charge < -0.3 is 8.99 Å². The third-order valence-electron chi connectivity index (χ3n) is 3.69. The SMILES string of the molecule is CC(=NC(C)c1ccccc1O[SiH](C)C)c1ncn(C)c1C. The van der Waals surface area contributed by atoms with E-state index in [2.05, 4.69) is 38.0 Å². The third kappa shape index (κ3) is 3.65. The number of rotatable bonds is 5. The number of para-hydroxylation sites is 1. The molecule has 2 rings (SSSR count). The lowest BCUT2D eigenvalue weighted by atomic mass is 10.1. The van der Waals surface area contributed by atoms with E-state index in [0.29, 0.717) is 0 Å². The first-order valence-electron chi connectivity index (χ1n) is 7.68. The lowest BCUT2D eigenvalue weighted by Gasteiger charge is -2.17. The molecule has 0 spiro atoms. The van der Waals surface area contributed by atoms with Crippen molar-refractivity contribution < 1.29 is 4.43 Å². The van der Waals surface area contributed by atoms with Crippen molar-refractivity contribution in [3.05, 3.63) is 47.5 Å². The van der Waals surface area contributed by atoms with Crippen LogP contribution in [0.3, 0.4) is 0 Å². The smallest absolute Gasteiger partial charge is 0.229 e. The van der Waals surface area contributed by atoms with Crippen LogP contribution in [0.1, 0.15) is 36.8 Å². The maximum atomic E-state index is 6.03. The van der Waals surface area contributed by atoms with Gasteiger partial charge in [0.25, 0.3) is 0 Å². The summed E-state index contributed by atoms with van der Waals surface area (Å²) in [5, 5.41) is 0. The second-order valence-corrected chi connectivity index (χ2v) is 8.22. The van der Waals surface area contributed by atoms with Gasteiger partial charge in [0.1, 0.15) is 11.4 Å². The minimum absolute atomic E-state index is 0.0466. The number of aliphatic imine (C=N–C) groups is 1. The van der Waals surface area contributed by atoms with Gasteiger partial charge in [-0.3, -0.25) is 4.99 Å². The largest absolute Gasteiger partial charge is 0.547 e. The van der Waals surface area contributed by atoms with Crippen LogP contribution in [0, 0.1) is 6.92 Å². The molecule has 5 heteroatoms. The molecule has 0 aliphatic heterocycles. The summed E-state index contributed by atoms with van der Waals surface area (Å²) in [5.74, 6) is 0.964. The quantitative estimate of drug-likeness (QED) is 0.624. The molecule has 118 valence electrons. The molecule has 1 aromatic heterocycles. The Morgan fingerprint density at radius 2 is 2.00 bits per heavy atom. The first-order valence-corrected chi connectivity index (χ1v) is 10.5. The Morgan fingerprint density at radius 1 is 1.32 bits per heavy atom. The van der Waals surface area contributed by atoms with Gasteiger partial charge in [-0.15, -0.1) is 0 Å². The molecule has 1 aromatic carbocycles. The van der Waals surface area contributed by atoms with Crippen molar-refractivity contribution in [3.63, 3.8) is 0 Å². The van der Waals surface area contributed by atoms with Crippen LogP contribution in [0.25, 0.3) is 0 Å². The number of aryl methyl sites for hydroxylation is 1. The van der Waals surface area contributed by atoms with E-state index in [0.717, 1.165) is 28.4 Å². The minimum atomic E-state index is -1.13. The number of hydrogen-bond donors (Lipinski definition) is 0. The van der Waals surface area contributed by atoms with Crippen LogP contribution in [0.5, 0.6) is 5.75 Å². The predicted octanol–water partition coefficient (Wildman–Crippen LogP) is 3.66. The maximum absolute atomic E-state index is 6.03. The summed E-state index contributed by atoms with van der Waals surface area (Å²) in [6.07, 6.45) is 1.83. The normalized spacial score (nSPS) is 13.5. The molecule has 0 saturated carbocycles. The van der Waals surface area contributed by atoms with Crippen molar-refractivity contribution in [1.82, 2.24) is 9.55 Å². The summed E-state index contributed by atoms with van der Waals surface area (Å²) in [7, 11) is 0.868. The van der Waals surface area contributed by atoms with Crippen LogP contribution < -0.4 is 4.43 Å². The van der Waals surface area contributed by atoms with Gasteiger partial charge in [-0.1, -0.05) is 18.2 Å². The van der Waals surface area contributed by atoms with Crippen molar-refractivity contribution in [1.29, 1.82) is 0 Å². The van der Waals surface area contributed by atoms with Crippen molar-refractivity contribution >= 4 is 14.8 Å². The fraction of sp³-hybridized carbons (Fsp3) is 0.412. The van der Waals surface area contributed by atoms with Crippen LogP contribution in [-0.2, 0) is 7.05 Å². The molecule has 0 aliphatic carbocycles. The maximum Gasteiger partial charge on any atom is 0.229 e. The molecule has 0 fully saturated rings. The Hall–Kier alpha value is -1.88. The lowest BCUT2D eigenvalue weighted by Crippen LogP contribution is -2.13. The van der Waals surface area contributed by atoms with E-state index in [-0.39, 0.29) is 6.04 Å². The van der Waals surface area contributed by atoms with E-state index in [1.165, 1.54) is 0 Å². The average molecular weight is 315 g/mol. The highest BCUT2D eigenvalue weighted by atomic mass is 28.3. The number of aromatic nitrogens is 2. The van der Waals surface area contributed by atoms with Gasteiger partial charge in [-0.05, 0) is 39.9 Å². The van der Waals surface area contributed by atoms with Gasteiger partial charge in [0.05, 0.1) is 18.1 Å². The average Bonchev–Trinajstić information content (AvgIpc) is 2.79. The second-order valence-electron chi connectivity index (χ2n) is 5.88. The van der Waals surface area contributed by atoms with E-state index in [1.807, 2.05) is 43.1 Å². The molecule has 0 saturated heterocycles. The highest BCUT2D eigenvalue weighted by Gasteiger charge is 2.14. The minimum Gasteiger partial charge on any atom is -0.547 e. The van der Waals surface area contributed by atoms with Crippen molar-refractivity contribution in [2.24, 2.45) is 12.0 Å². The van der Waals surface area contributed by atoms with E-state index >= 15 is 0 Å². The zero-order chi connectivity index (χ0) is 16.3. The molecule has 0 amide bonds. The Morgan fingerprint density at radius 3 is 2.59 bits per heavy atom. The Bertz CT molecular complexity index is 676. The first kappa shape index (κ1) is 16.5. The zero-order valence-corrected chi connectivity index (χ0v) is 15.4. The molecule has 1 unspecified atom stereocenters. The Labute approximate surface area is 134 Å².